The van der Waals surface area contributed by atoms with Crippen LogP contribution < -0.4 is 15.5 Å². The van der Waals surface area contributed by atoms with Gasteiger partial charge in [0, 0.05) is 43.0 Å². The van der Waals surface area contributed by atoms with Crippen LogP contribution in [0.4, 0.5) is 10.5 Å². The van der Waals surface area contributed by atoms with Crippen LogP contribution in [0.2, 0.25) is 0 Å². The van der Waals surface area contributed by atoms with E-state index in [-0.39, 0.29) is 29.3 Å². The largest absolute Gasteiger partial charge is 0.369 e. The van der Waals surface area contributed by atoms with E-state index in [1.165, 1.54) is 19.3 Å². The molecule has 178 valence electrons. The summed E-state index contributed by atoms with van der Waals surface area (Å²) in [5.41, 5.74) is 1.72. The van der Waals surface area contributed by atoms with Gasteiger partial charge in [0.2, 0.25) is 5.91 Å². The zero-order chi connectivity index (χ0) is 23.2. The van der Waals surface area contributed by atoms with E-state index in [1.807, 2.05) is 31.2 Å². The molecule has 5 aliphatic rings. The maximum atomic E-state index is 12.8. The molecule has 1 atom stereocenters. The lowest BCUT2D eigenvalue weighted by atomic mass is 9.53. The van der Waals surface area contributed by atoms with Gasteiger partial charge in [-0.1, -0.05) is 0 Å². The minimum absolute atomic E-state index is 0.0680. The molecule has 1 unspecified atom stereocenters. The molecule has 7 heteroatoms. The fraction of sp³-hybridized carbons (Fsp3) is 0.654. The average Bonchev–Trinajstić information content (AvgIpc) is 2.77. The van der Waals surface area contributed by atoms with Gasteiger partial charge in [0.05, 0.1) is 6.04 Å². The van der Waals surface area contributed by atoms with Crippen LogP contribution in [0.25, 0.3) is 0 Å². The second-order valence-electron chi connectivity index (χ2n) is 10.9. The lowest BCUT2D eigenvalue weighted by Crippen LogP contribution is -2.63. The van der Waals surface area contributed by atoms with Crippen molar-refractivity contribution in [1.29, 1.82) is 0 Å². The molecule has 3 amide bonds. The summed E-state index contributed by atoms with van der Waals surface area (Å²) in [7, 11) is 0. The fourth-order valence-electron chi connectivity index (χ4n) is 7.19. The van der Waals surface area contributed by atoms with Gasteiger partial charge < -0.3 is 10.2 Å². The number of nitrogens with one attached hydrogen (secondary N) is 2. The molecule has 1 saturated heterocycles. The number of rotatable bonds is 5. The Morgan fingerprint density at radius 2 is 1.45 bits per heavy atom. The number of imide groups is 1. The third-order valence-electron chi connectivity index (χ3n) is 8.53. The van der Waals surface area contributed by atoms with Crippen molar-refractivity contribution in [3.8, 4) is 0 Å². The van der Waals surface area contributed by atoms with E-state index in [1.54, 1.807) is 6.92 Å². The van der Waals surface area contributed by atoms with Crippen molar-refractivity contribution in [2.45, 2.75) is 64.0 Å². The van der Waals surface area contributed by atoms with E-state index in [9.17, 15) is 14.4 Å². The van der Waals surface area contributed by atoms with Crippen LogP contribution in [0, 0.1) is 17.8 Å². The van der Waals surface area contributed by atoms with Crippen molar-refractivity contribution >= 4 is 23.4 Å². The first-order chi connectivity index (χ1) is 15.8. The van der Waals surface area contributed by atoms with Crippen LogP contribution in [0.15, 0.2) is 24.3 Å². The summed E-state index contributed by atoms with van der Waals surface area (Å²) >= 11 is 0. The average molecular weight is 453 g/mol. The predicted octanol–water partition coefficient (Wildman–Crippen LogP) is 3.19. The zero-order valence-electron chi connectivity index (χ0n) is 19.8. The first-order valence-electron chi connectivity index (χ1n) is 12.5. The number of hydrogen-bond donors (Lipinski definition) is 2. The standard InChI is InChI=1S/C26H36N4O3/c1-17(29-7-9-30(10-8-29)23-5-3-22(4-6-23)18(2)31)24(32)27-25(33)28-26-14-19-11-20(15-26)13-21(12-19)16-26/h3-6,17,19-21H,7-16H2,1-2H3,(H2,27,28,32,33). The molecule has 7 nitrogen and oxygen atoms in total. The molecule has 0 spiro atoms. The molecule has 0 radical (unpaired) electrons. The molecule has 33 heavy (non-hydrogen) atoms. The van der Waals surface area contributed by atoms with Crippen LogP contribution in [-0.2, 0) is 4.79 Å². The zero-order valence-corrected chi connectivity index (χ0v) is 19.8. The summed E-state index contributed by atoms with van der Waals surface area (Å²) in [6.45, 7) is 6.56. The van der Waals surface area contributed by atoms with Gasteiger partial charge in [0.25, 0.3) is 0 Å². The van der Waals surface area contributed by atoms with Crippen molar-refractivity contribution in [1.82, 2.24) is 15.5 Å². The smallest absolute Gasteiger partial charge is 0.321 e. The Bertz CT molecular complexity index is 885. The maximum absolute atomic E-state index is 12.8. The molecule has 6 rings (SSSR count). The topological polar surface area (TPSA) is 81.8 Å². The van der Waals surface area contributed by atoms with Gasteiger partial charge in [-0.15, -0.1) is 0 Å². The molecule has 4 aliphatic carbocycles. The van der Waals surface area contributed by atoms with Crippen LogP contribution in [-0.4, -0.2) is 60.4 Å². The van der Waals surface area contributed by atoms with Gasteiger partial charge in [-0.05, 0) is 94.4 Å². The number of Topliss-reactive ketones (excluding diaryl/α,β-unsaturated/α-hetero) is 1. The van der Waals surface area contributed by atoms with Crippen molar-refractivity contribution in [2.75, 3.05) is 31.1 Å². The maximum Gasteiger partial charge on any atom is 0.321 e. The number of piperazine rings is 1. The normalized spacial score (nSPS) is 31.8. The SMILES string of the molecule is CC(=O)c1ccc(N2CCN(C(C)C(=O)NC(=O)NC34CC5CC(CC(C5)C3)C4)CC2)cc1. The predicted molar refractivity (Wildman–Crippen MR) is 127 cm³/mol. The summed E-state index contributed by atoms with van der Waals surface area (Å²) in [6, 6.07) is 7.02. The van der Waals surface area contributed by atoms with Crippen LogP contribution in [0.1, 0.15) is 62.7 Å². The molecule has 1 aromatic carbocycles. The Balaban J connectivity index is 1.11. The number of hydrogen-bond acceptors (Lipinski definition) is 5. The quantitative estimate of drug-likeness (QED) is 0.671. The lowest BCUT2D eigenvalue weighted by Gasteiger charge is -2.56. The molecule has 1 heterocycles. The van der Waals surface area contributed by atoms with E-state index in [0.29, 0.717) is 0 Å². The monoisotopic (exact) mass is 452 g/mol. The number of amides is 3. The van der Waals surface area contributed by atoms with Gasteiger partial charge >= 0.3 is 6.03 Å². The molecule has 5 fully saturated rings. The van der Waals surface area contributed by atoms with Crippen molar-refractivity contribution in [2.24, 2.45) is 17.8 Å². The van der Waals surface area contributed by atoms with Gasteiger partial charge in [0.1, 0.15) is 0 Å². The molecule has 4 bridgehead atoms. The van der Waals surface area contributed by atoms with E-state index in [2.05, 4.69) is 20.4 Å². The van der Waals surface area contributed by atoms with E-state index >= 15 is 0 Å². The molecule has 4 saturated carbocycles. The van der Waals surface area contributed by atoms with Gasteiger partial charge in [-0.3, -0.25) is 19.8 Å². The fourth-order valence-corrected chi connectivity index (χ4v) is 7.19. The van der Waals surface area contributed by atoms with Gasteiger partial charge in [-0.2, -0.15) is 0 Å². The van der Waals surface area contributed by atoms with Crippen molar-refractivity contribution < 1.29 is 14.4 Å². The van der Waals surface area contributed by atoms with Gasteiger partial charge in [0.15, 0.2) is 5.78 Å². The molecular weight excluding hydrogens is 416 g/mol. The number of anilines is 1. The summed E-state index contributed by atoms with van der Waals surface area (Å²) in [4.78, 5) is 41.5. The second-order valence-corrected chi connectivity index (χ2v) is 10.9. The summed E-state index contributed by atoms with van der Waals surface area (Å²) in [5.74, 6) is 2.10. The molecule has 1 aliphatic heterocycles. The summed E-state index contributed by atoms with van der Waals surface area (Å²) in [5, 5.41) is 5.87. The van der Waals surface area contributed by atoms with E-state index < -0.39 is 0 Å². The highest BCUT2D eigenvalue weighted by molar-refractivity contribution is 5.97. The summed E-state index contributed by atoms with van der Waals surface area (Å²) in [6.07, 6.45) is 7.20. The highest BCUT2D eigenvalue weighted by Gasteiger charge is 2.51. The first kappa shape index (κ1) is 22.4. The third-order valence-corrected chi connectivity index (χ3v) is 8.53. The number of carbonyl (C=O) groups excluding carboxylic acids is 3. The highest BCUT2D eigenvalue weighted by Crippen LogP contribution is 2.55. The van der Waals surface area contributed by atoms with Crippen molar-refractivity contribution in [3.63, 3.8) is 0 Å². The van der Waals surface area contributed by atoms with Crippen LogP contribution >= 0.6 is 0 Å². The second kappa shape index (κ2) is 8.75. The van der Waals surface area contributed by atoms with E-state index in [4.69, 9.17) is 0 Å². The number of ketones is 1. The Morgan fingerprint density at radius 1 is 0.909 bits per heavy atom. The molecule has 1 aromatic rings. The number of carbonyl (C=O) groups is 3. The Morgan fingerprint density at radius 3 is 1.97 bits per heavy atom. The van der Waals surface area contributed by atoms with Crippen LogP contribution in [0.5, 0.6) is 0 Å². The lowest BCUT2D eigenvalue weighted by molar-refractivity contribution is -0.125. The minimum Gasteiger partial charge on any atom is -0.369 e. The Labute approximate surface area is 196 Å². The first-order valence-corrected chi connectivity index (χ1v) is 12.5. The van der Waals surface area contributed by atoms with E-state index in [0.717, 1.165) is 74.4 Å². The number of benzene rings is 1. The molecular formula is C26H36N4O3. The van der Waals surface area contributed by atoms with Gasteiger partial charge in [-0.25, -0.2) is 4.79 Å². The number of urea groups is 1. The summed E-state index contributed by atoms with van der Waals surface area (Å²) < 4.78 is 0. The highest BCUT2D eigenvalue weighted by atomic mass is 16.2. The Hall–Kier alpha value is -2.41. The molecule has 2 N–H and O–H groups in total. The van der Waals surface area contributed by atoms with Crippen LogP contribution in [0.3, 0.4) is 0 Å². The minimum atomic E-state index is -0.352. The molecule has 0 aromatic heterocycles. The van der Waals surface area contributed by atoms with Crippen molar-refractivity contribution in [3.05, 3.63) is 29.8 Å². The number of nitrogens with zero attached hydrogens (tertiary/aromatic N) is 2. The Kier molecular flexibility index (Phi) is 5.93. The third kappa shape index (κ3) is 4.65.